The van der Waals surface area contributed by atoms with Crippen molar-refractivity contribution in [1.29, 1.82) is 0 Å². The fourth-order valence-corrected chi connectivity index (χ4v) is 2.17. The van der Waals surface area contributed by atoms with Gasteiger partial charge >= 0.3 is 0 Å². The van der Waals surface area contributed by atoms with Crippen molar-refractivity contribution in [3.05, 3.63) is 51.2 Å². The number of ether oxygens (including phenoxy) is 1. The van der Waals surface area contributed by atoms with E-state index in [0.717, 1.165) is 0 Å². The van der Waals surface area contributed by atoms with E-state index in [9.17, 15) is 4.39 Å². The van der Waals surface area contributed by atoms with E-state index in [1.54, 1.807) is 18.2 Å². The molecule has 0 radical (unpaired) electrons. The highest BCUT2D eigenvalue weighted by Gasteiger charge is 2.09. The van der Waals surface area contributed by atoms with E-state index in [1.165, 1.54) is 19.2 Å². The number of benzene rings is 2. The highest BCUT2D eigenvalue weighted by molar-refractivity contribution is 6.48. The van der Waals surface area contributed by atoms with E-state index >= 15 is 0 Å². The average molecular weight is 306 g/mol. The molecule has 2 aromatic carbocycles. The molecule has 0 N–H and O–H groups in total. The summed E-state index contributed by atoms with van der Waals surface area (Å²) >= 11 is 17.7. The molecule has 5 heteroatoms. The molecule has 0 saturated carbocycles. The second-order valence-electron chi connectivity index (χ2n) is 3.63. The zero-order valence-electron chi connectivity index (χ0n) is 9.31. The molecule has 0 aliphatic heterocycles. The molecule has 0 aliphatic rings. The summed E-state index contributed by atoms with van der Waals surface area (Å²) < 4.78 is 18.4. The van der Waals surface area contributed by atoms with Gasteiger partial charge in [-0.2, -0.15) is 0 Å². The van der Waals surface area contributed by atoms with Crippen molar-refractivity contribution in [2.24, 2.45) is 0 Å². The van der Waals surface area contributed by atoms with Crippen molar-refractivity contribution in [1.82, 2.24) is 0 Å². The molecule has 0 saturated heterocycles. The highest BCUT2D eigenvalue weighted by Crippen LogP contribution is 2.36. The molecule has 0 aliphatic carbocycles. The summed E-state index contributed by atoms with van der Waals surface area (Å²) in [5.41, 5.74) is 1.29. The third-order valence-electron chi connectivity index (χ3n) is 2.42. The van der Waals surface area contributed by atoms with E-state index in [0.29, 0.717) is 26.9 Å². The zero-order valence-corrected chi connectivity index (χ0v) is 11.6. The van der Waals surface area contributed by atoms with Crippen molar-refractivity contribution >= 4 is 34.8 Å². The Morgan fingerprint density at radius 3 is 2.00 bits per heavy atom. The Kier molecular flexibility index (Phi) is 4.00. The Balaban J connectivity index is 2.58. The van der Waals surface area contributed by atoms with Crippen LogP contribution in [0, 0.1) is 5.82 Å². The van der Waals surface area contributed by atoms with Gasteiger partial charge in [0.25, 0.3) is 0 Å². The number of rotatable bonds is 2. The molecular formula is C13H8Cl3FO. The van der Waals surface area contributed by atoms with Gasteiger partial charge in [0.1, 0.15) is 11.6 Å². The predicted octanol–water partition coefficient (Wildman–Crippen LogP) is 5.46. The maximum absolute atomic E-state index is 13.4. The summed E-state index contributed by atoms with van der Waals surface area (Å²) in [7, 11) is 1.47. The molecule has 0 spiro atoms. The molecule has 0 unspecified atom stereocenters. The quantitative estimate of drug-likeness (QED) is 0.669. The molecule has 2 aromatic rings. The monoisotopic (exact) mass is 304 g/mol. The summed E-state index contributed by atoms with van der Waals surface area (Å²) in [5, 5.41) is 0.926. The lowest BCUT2D eigenvalue weighted by Crippen LogP contribution is -1.87. The highest BCUT2D eigenvalue weighted by atomic mass is 35.5. The van der Waals surface area contributed by atoms with Crippen molar-refractivity contribution in [2.75, 3.05) is 7.11 Å². The summed E-state index contributed by atoms with van der Waals surface area (Å²) in [6.45, 7) is 0. The molecular weight excluding hydrogens is 297 g/mol. The van der Waals surface area contributed by atoms with E-state index < -0.39 is 5.82 Å². The topological polar surface area (TPSA) is 9.23 Å². The molecule has 94 valence electrons. The Hall–Kier alpha value is -0.960. The maximum atomic E-state index is 13.4. The number of methoxy groups -OCH3 is 1. The fourth-order valence-electron chi connectivity index (χ4n) is 1.57. The minimum absolute atomic E-state index is 0.283. The lowest BCUT2D eigenvalue weighted by Gasteiger charge is -2.08. The predicted molar refractivity (Wildman–Crippen MR) is 73.4 cm³/mol. The van der Waals surface area contributed by atoms with Crippen LogP contribution in [0.3, 0.4) is 0 Å². The van der Waals surface area contributed by atoms with Gasteiger partial charge in [0.2, 0.25) is 0 Å². The molecule has 0 fully saturated rings. The van der Waals surface area contributed by atoms with Crippen LogP contribution in [-0.2, 0) is 0 Å². The van der Waals surface area contributed by atoms with Gasteiger partial charge in [-0.1, -0.05) is 34.8 Å². The molecule has 18 heavy (non-hydrogen) atoms. The van der Waals surface area contributed by atoms with Crippen molar-refractivity contribution in [3.63, 3.8) is 0 Å². The average Bonchev–Trinajstić information content (AvgIpc) is 2.34. The van der Waals surface area contributed by atoms with E-state index in [1.807, 2.05) is 0 Å². The minimum Gasteiger partial charge on any atom is -0.497 e. The SMILES string of the molecule is COc1cc(F)cc(-c2cc(Cl)c(Cl)c(Cl)c2)c1. The smallest absolute Gasteiger partial charge is 0.127 e. The molecule has 0 atom stereocenters. The van der Waals surface area contributed by atoms with Crippen LogP contribution in [0.2, 0.25) is 15.1 Å². The first-order chi connectivity index (χ1) is 8.51. The number of hydrogen-bond acceptors (Lipinski definition) is 1. The van der Waals surface area contributed by atoms with Crippen LogP contribution >= 0.6 is 34.8 Å². The Morgan fingerprint density at radius 1 is 0.889 bits per heavy atom. The van der Waals surface area contributed by atoms with Gasteiger partial charge in [-0.05, 0) is 35.4 Å². The van der Waals surface area contributed by atoms with Gasteiger partial charge in [-0.15, -0.1) is 0 Å². The first kappa shape index (κ1) is 13.5. The van der Waals surface area contributed by atoms with E-state index in [-0.39, 0.29) is 5.02 Å². The first-order valence-electron chi connectivity index (χ1n) is 5.01. The van der Waals surface area contributed by atoms with Crippen LogP contribution in [0.1, 0.15) is 0 Å². The standard InChI is InChI=1S/C13H8Cl3FO/c1-18-10-3-7(2-9(17)6-10)8-4-11(14)13(16)12(15)5-8/h2-6H,1H3. The number of halogens is 4. The second-order valence-corrected chi connectivity index (χ2v) is 4.83. The van der Waals surface area contributed by atoms with Crippen LogP contribution in [0.4, 0.5) is 4.39 Å². The Labute approximate surface area is 119 Å². The van der Waals surface area contributed by atoms with Crippen LogP contribution in [-0.4, -0.2) is 7.11 Å². The third kappa shape index (κ3) is 2.72. The molecule has 1 nitrogen and oxygen atoms in total. The summed E-state index contributed by atoms with van der Waals surface area (Å²) in [4.78, 5) is 0. The largest absolute Gasteiger partial charge is 0.497 e. The van der Waals surface area contributed by atoms with Crippen molar-refractivity contribution < 1.29 is 9.13 Å². The van der Waals surface area contributed by atoms with E-state index in [2.05, 4.69) is 0 Å². The van der Waals surface area contributed by atoms with Crippen LogP contribution < -0.4 is 4.74 Å². The normalized spacial score (nSPS) is 10.5. The molecule has 0 bridgehead atoms. The summed E-state index contributed by atoms with van der Waals surface area (Å²) in [5.74, 6) is 0.0266. The van der Waals surface area contributed by atoms with Gasteiger partial charge in [0, 0.05) is 6.07 Å². The van der Waals surface area contributed by atoms with Crippen molar-refractivity contribution in [2.45, 2.75) is 0 Å². The van der Waals surface area contributed by atoms with Crippen LogP contribution in [0.15, 0.2) is 30.3 Å². The Bertz CT molecular complexity index is 576. The van der Waals surface area contributed by atoms with Gasteiger partial charge in [-0.25, -0.2) is 4.39 Å². The Morgan fingerprint density at radius 2 is 1.44 bits per heavy atom. The van der Waals surface area contributed by atoms with Crippen LogP contribution in [0.25, 0.3) is 11.1 Å². The minimum atomic E-state index is -0.397. The first-order valence-corrected chi connectivity index (χ1v) is 6.14. The van der Waals surface area contributed by atoms with E-state index in [4.69, 9.17) is 39.5 Å². The summed E-state index contributed by atoms with van der Waals surface area (Å²) in [6, 6.07) is 7.62. The van der Waals surface area contributed by atoms with Gasteiger partial charge in [-0.3, -0.25) is 0 Å². The van der Waals surface area contributed by atoms with Gasteiger partial charge in [0.15, 0.2) is 0 Å². The molecule has 0 heterocycles. The summed E-state index contributed by atoms with van der Waals surface area (Å²) in [6.07, 6.45) is 0. The molecule has 2 rings (SSSR count). The second kappa shape index (κ2) is 5.35. The third-order valence-corrected chi connectivity index (χ3v) is 3.62. The number of hydrogen-bond donors (Lipinski definition) is 0. The zero-order chi connectivity index (χ0) is 13.3. The van der Waals surface area contributed by atoms with Gasteiger partial charge < -0.3 is 4.74 Å². The molecule has 0 aromatic heterocycles. The lowest BCUT2D eigenvalue weighted by molar-refractivity contribution is 0.411. The lowest BCUT2D eigenvalue weighted by atomic mass is 10.1. The molecule has 0 amide bonds. The van der Waals surface area contributed by atoms with Gasteiger partial charge in [0.05, 0.1) is 22.2 Å². The fraction of sp³-hybridized carbons (Fsp3) is 0.0769. The van der Waals surface area contributed by atoms with Crippen LogP contribution in [0.5, 0.6) is 5.75 Å². The van der Waals surface area contributed by atoms with Crippen molar-refractivity contribution in [3.8, 4) is 16.9 Å². The maximum Gasteiger partial charge on any atom is 0.127 e.